The monoisotopic (exact) mass is 305 g/mol. The molecular weight excluding hydrogens is 298 g/mol. The average Bonchev–Trinajstić information content (AvgIpc) is 2.32. The molecule has 17 heavy (non-hydrogen) atoms. The van der Waals surface area contributed by atoms with E-state index < -0.39 is 0 Å². The summed E-state index contributed by atoms with van der Waals surface area (Å²) in [5, 5.41) is 18.0. The van der Waals surface area contributed by atoms with Crippen molar-refractivity contribution in [2.24, 2.45) is 0 Å². The van der Waals surface area contributed by atoms with E-state index in [1.165, 1.54) is 0 Å². The number of hydrogen-bond acceptors (Lipinski definition) is 3. The van der Waals surface area contributed by atoms with Crippen molar-refractivity contribution in [3.05, 3.63) is 52.5 Å². The van der Waals surface area contributed by atoms with E-state index >= 15 is 0 Å². The Kier molecular flexibility index (Phi) is 3.72. The van der Waals surface area contributed by atoms with E-state index in [0.717, 1.165) is 14.3 Å². The van der Waals surface area contributed by atoms with Crippen LogP contribution in [0.25, 0.3) is 0 Å². The minimum Gasteiger partial charge on any atom is -0.508 e. The van der Waals surface area contributed by atoms with Crippen LogP contribution in [0.2, 0.25) is 0 Å². The summed E-state index contributed by atoms with van der Waals surface area (Å²) >= 11 is 4.94. The van der Waals surface area contributed by atoms with Crippen LogP contribution in [0.15, 0.2) is 56.7 Å². The number of hydrogen-bond donors (Lipinski definition) is 1. The summed E-state index contributed by atoms with van der Waals surface area (Å²) in [5.41, 5.74) is 0.625. The molecule has 0 bridgehead atoms. The number of nitrogens with zero attached hydrogens (tertiary/aromatic N) is 1. The molecule has 0 aromatic heterocycles. The first-order valence-corrected chi connectivity index (χ1v) is 6.46. The Morgan fingerprint density at radius 1 is 1.06 bits per heavy atom. The molecule has 2 nitrogen and oxygen atoms in total. The largest absolute Gasteiger partial charge is 0.508 e. The van der Waals surface area contributed by atoms with Gasteiger partial charge in [0.1, 0.15) is 11.8 Å². The van der Waals surface area contributed by atoms with Gasteiger partial charge in [-0.25, -0.2) is 0 Å². The lowest BCUT2D eigenvalue weighted by Crippen LogP contribution is -1.79. The quantitative estimate of drug-likeness (QED) is 0.905. The van der Waals surface area contributed by atoms with E-state index in [1.54, 1.807) is 30.0 Å². The third-order valence-corrected chi connectivity index (χ3v) is 3.79. The summed E-state index contributed by atoms with van der Waals surface area (Å²) in [7, 11) is 0. The third-order valence-electron chi connectivity index (χ3n) is 2.13. The highest BCUT2D eigenvalue weighted by Gasteiger charge is 2.02. The maximum atomic E-state index is 9.18. The Labute approximate surface area is 112 Å². The van der Waals surface area contributed by atoms with Gasteiger partial charge in [0.15, 0.2) is 0 Å². The van der Waals surface area contributed by atoms with Crippen molar-refractivity contribution in [3.63, 3.8) is 0 Å². The van der Waals surface area contributed by atoms with Crippen LogP contribution in [0, 0.1) is 11.3 Å². The second-order valence-corrected chi connectivity index (χ2v) is 5.35. The van der Waals surface area contributed by atoms with Crippen LogP contribution in [0.4, 0.5) is 0 Å². The van der Waals surface area contributed by atoms with Crippen molar-refractivity contribution in [2.75, 3.05) is 0 Å². The van der Waals surface area contributed by atoms with Crippen LogP contribution in [0.5, 0.6) is 5.75 Å². The van der Waals surface area contributed by atoms with Crippen molar-refractivity contribution in [1.82, 2.24) is 0 Å². The number of halogens is 1. The Morgan fingerprint density at radius 2 is 1.71 bits per heavy atom. The highest BCUT2D eigenvalue weighted by atomic mass is 79.9. The second kappa shape index (κ2) is 5.26. The summed E-state index contributed by atoms with van der Waals surface area (Å²) in [6.07, 6.45) is 0. The Morgan fingerprint density at radius 3 is 2.29 bits per heavy atom. The van der Waals surface area contributed by atoms with Gasteiger partial charge < -0.3 is 5.11 Å². The summed E-state index contributed by atoms with van der Waals surface area (Å²) in [6, 6.07) is 14.7. The number of benzene rings is 2. The molecule has 0 aliphatic rings. The first-order valence-electron chi connectivity index (χ1n) is 4.85. The lowest BCUT2D eigenvalue weighted by atomic mass is 10.2. The summed E-state index contributed by atoms with van der Waals surface area (Å²) in [4.78, 5) is 2.08. The first-order chi connectivity index (χ1) is 8.19. The molecule has 2 rings (SSSR count). The zero-order valence-corrected chi connectivity index (χ0v) is 11.1. The maximum absolute atomic E-state index is 9.18. The van der Waals surface area contributed by atoms with E-state index in [9.17, 15) is 5.11 Å². The Balaban J connectivity index is 2.22. The van der Waals surface area contributed by atoms with Gasteiger partial charge in [0.05, 0.1) is 5.56 Å². The molecule has 2 aromatic rings. The molecule has 0 spiro atoms. The molecule has 0 atom stereocenters. The molecule has 84 valence electrons. The van der Waals surface area contributed by atoms with Gasteiger partial charge >= 0.3 is 0 Å². The van der Waals surface area contributed by atoms with Crippen LogP contribution in [-0.2, 0) is 0 Å². The number of phenols is 1. The zero-order valence-electron chi connectivity index (χ0n) is 8.72. The predicted octanol–water partition coefficient (Wildman–Crippen LogP) is 4.18. The lowest BCUT2D eigenvalue weighted by Gasteiger charge is -2.03. The van der Waals surface area contributed by atoms with Crippen molar-refractivity contribution in [2.45, 2.75) is 9.79 Å². The summed E-state index contributed by atoms with van der Waals surface area (Å²) in [5.74, 6) is 0.260. The van der Waals surface area contributed by atoms with Crippen molar-refractivity contribution in [1.29, 1.82) is 5.26 Å². The maximum Gasteiger partial charge on any atom is 0.115 e. The smallest absolute Gasteiger partial charge is 0.115 e. The van der Waals surface area contributed by atoms with Gasteiger partial charge in [-0.1, -0.05) is 11.8 Å². The van der Waals surface area contributed by atoms with Gasteiger partial charge in [-0.15, -0.1) is 0 Å². The van der Waals surface area contributed by atoms with Gasteiger partial charge in [0.25, 0.3) is 0 Å². The summed E-state index contributed by atoms with van der Waals surface area (Å²) in [6.45, 7) is 0. The van der Waals surface area contributed by atoms with Gasteiger partial charge in [0, 0.05) is 14.3 Å². The SMILES string of the molecule is N#Cc1ccc(Sc2ccc(O)cc2)cc1Br. The average molecular weight is 306 g/mol. The molecule has 0 fully saturated rings. The normalized spacial score (nSPS) is 9.88. The molecule has 0 saturated heterocycles. The fourth-order valence-corrected chi connectivity index (χ4v) is 2.78. The molecule has 0 aliphatic heterocycles. The van der Waals surface area contributed by atoms with E-state index in [-0.39, 0.29) is 5.75 Å². The predicted molar refractivity (Wildman–Crippen MR) is 71.1 cm³/mol. The molecule has 0 heterocycles. The fraction of sp³-hybridized carbons (Fsp3) is 0. The zero-order chi connectivity index (χ0) is 12.3. The molecule has 2 aromatic carbocycles. The highest BCUT2D eigenvalue weighted by Crippen LogP contribution is 2.31. The number of aromatic hydroxyl groups is 1. The van der Waals surface area contributed by atoms with Gasteiger partial charge in [-0.3, -0.25) is 0 Å². The Hall–Kier alpha value is -1.44. The Bertz CT molecular complexity index is 575. The minimum atomic E-state index is 0.260. The fourth-order valence-electron chi connectivity index (χ4n) is 1.30. The molecule has 0 aliphatic carbocycles. The van der Waals surface area contributed by atoms with Crippen molar-refractivity contribution in [3.8, 4) is 11.8 Å². The van der Waals surface area contributed by atoms with Crippen LogP contribution in [0.1, 0.15) is 5.56 Å². The molecular formula is C13H8BrNOS. The van der Waals surface area contributed by atoms with Gasteiger partial charge in [-0.05, 0) is 58.4 Å². The second-order valence-electron chi connectivity index (χ2n) is 3.35. The molecule has 0 saturated carbocycles. The molecule has 1 N–H and O–H groups in total. The van der Waals surface area contributed by atoms with Crippen LogP contribution in [-0.4, -0.2) is 5.11 Å². The minimum absolute atomic E-state index is 0.260. The van der Waals surface area contributed by atoms with Gasteiger partial charge in [0.2, 0.25) is 0 Å². The first kappa shape index (κ1) is 12.0. The van der Waals surface area contributed by atoms with E-state index in [4.69, 9.17) is 5.26 Å². The standard InChI is InChI=1S/C13H8BrNOS/c14-13-7-12(4-1-9(13)8-15)17-11-5-2-10(16)3-6-11/h1-7,16H. The highest BCUT2D eigenvalue weighted by molar-refractivity contribution is 9.10. The third kappa shape index (κ3) is 3.02. The number of phenolic OH excluding ortho intramolecular Hbond substituents is 1. The van der Waals surface area contributed by atoms with E-state index in [2.05, 4.69) is 22.0 Å². The van der Waals surface area contributed by atoms with Crippen LogP contribution >= 0.6 is 27.7 Å². The van der Waals surface area contributed by atoms with Crippen LogP contribution in [0.3, 0.4) is 0 Å². The van der Waals surface area contributed by atoms with Crippen molar-refractivity contribution >= 4 is 27.7 Å². The number of rotatable bonds is 2. The molecule has 4 heteroatoms. The molecule has 0 unspecified atom stereocenters. The summed E-state index contributed by atoms with van der Waals surface area (Å²) < 4.78 is 0.795. The molecule has 0 amide bonds. The van der Waals surface area contributed by atoms with E-state index in [1.807, 2.05) is 24.3 Å². The lowest BCUT2D eigenvalue weighted by molar-refractivity contribution is 0.475. The topological polar surface area (TPSA) is 44.0 Å². The number of nitriles is 1. The van der Waals surface area contributed by atoms with Gasteiger partial charge in [-0.2, -0.15) is 5.26 Å². The molecule has 0 radical (unpaired) electrons. The van der Waals surface area contributed by atoms with Crippen LogP contribution < -0.4 is 0 Å². The van der Waals surface area contributed by atoms with Crippen molar-refractivity contribution < 1.29 is 5.11 Å². The van der Waals surface area contributed by atoms with E-state index in [0.29, 0.717) is 5.56 Å².